The molecule has 1 aliphatic carbocycles. The summed E-state index contributed by atoms with van der Waals surface area (Å²) in [6, 6.07) is 0.891. The Bertz CT molecular complexity index is 237. The molecular formula is C14H29N3O. The minimum Gasteiger partial charge on any atom is -0.352 e. The lowest BCUT2D eigenvalue weighted by Crippen LogP contribution is -2.39. The van der Waals surface area contributed by atoms with Crippen molar-refractivity contribution >= 4 is 5.91 Å². The molecular weight excluding hydrogens is 226 g/mol. The molecule has 1 fully saturated rings. The standard InChI is InChI=1S/C14H29N3O/c1-4-17(5-2)10-6-7-12(3)15-11-14(18)16-13-8-9-13/h12-13,15H,4-11H2,1-3H3,(H,16,18). The third-order valence-corrected chi connectivity index (χ3v) is 3.56. The molecule has 106 valence electrons. The normalized spacial score (nSPS) is 16.9. The molecule has 0 aliphatic heterocycles. The fourth-order valence-corrected chi connectivity index (χ4v) is 2.04. The molecule has 4 heteroatoms. The van der Waals surface area contributed by atoms with Crippen LogP contribution in [-0.4, -0.2) is 49.1 Å². The number of amides is 1. The van der Waals surface area contributed by atoms with Crippen molar-refractivity contribution in [2.24, 2.45) is 0 Å². The molecule has 0 radical (unpaired) electrons. The van der Waals surface area contributed by atoms with Gasteiger partial charge in [-0.2, -0.15) is 0 Å². The van der Waals surface area contributed by atoms with Crippen LogP contribution in [0.1, 0.15) is 46.5 Å². The molecule has 1 atom stereocenters. The van der Waals surface area contributed by atoms with Crippen molar-refractivity contribution in [2.75, 3.05) is 26.2 Å². The molecule has 0 aromatic heterocycles. The Morgan fingerprint density at radius 1 is 1.33 bits per heavy atom. The SMILES string of the molecule is CCN(CC)CCCC(C)NCC(=O)NC1CC1. The van der Waals surface area contributed by atoms with Gasteiger partial charge in [-0.05, 0) is 52.2 Å². The summed E-state index contributed by atoms with van der Waals surface area (Å²) in [4.78, 5) is 13.9. The molecule has 0 heterocycles. The maximum atomic E-state index is 11.5. The van der Waals surface area contributed by atoms with E-state index in [1.54, 1.807) is 0 Å². The van der Waals surface area contributed by atoms with Gasteiger partial charge in [0.25, 0.3) is 0 Å². The van der Waals surface area contributed by atoms with Gasteiger partial charge in [0.1, 0.15) is 0 Å². The quantitative estimate of drug-likeness (QED) is 0.619. The monoisotopic (exact) mass is 255 g/mol. The number of hydrogen-bond acceptors (Lipinski definition) is 3. The molecule has 0 aromatic rings. The Hall–Kier alpha value is -0.610. The number of nitrogens with zero attached hydrogens (tertiary/aromatic N) is 1. The van der Waals surface area contributed by atoms with Crippen LogP contribution in [0.5, 0.6) is 0 Å². The van der Waals surface area contributed by atoms with Crippen molar-refractivity contribution in [3.63, 3.8) is 0 Å². The van der Waals surface area contributed by atoms with E-state index in [0.29, 0.717) is 18.6 Å². The maximum absolute atomic E-state index is 11.5. The number of rotatable bonds is 10. The van der Waals surface area contributed by atoms with Crippen LogP contribution in [0.15, 0.2) is 0 Å². The van der Waals surface area contributed by atoms with E-state index in [4.69, 9.17) is 0 Å². The van der Waals surface area contributed by atoms with Crippen LogP contribution in [0.2, 0.25) is 0 Å². The minimum absolute atomic E-state index is 0.146. The average molecular weight is 255 g/mol. The van der Waals surface area contributed by atoms with Crippen LogP contribution in [0.4, 0.5) is 0 Å². The van der Waals surface area contributed by atoms with Crippen LogP contribution in [0.25, 0.3) is 0 Å². The van der Waals surface area contributed by atoms with E-state index >= 15 is 0 Å². The van der Waals surface area contributed by atoms with Gasteiger partial charge >= 0.3 is 0 Å². The molecule has 1 aliphatic rings. The van der Waals surface area contributed by atoms with Crippen LogP contribution in [0, 0.1) is 0 Å². The lowest BCUT2D eigenvalue weighted by Gasteiger charge is -2.19. The summed E-state index contributed by atoms with van der Waals surface area (Å²) in [6.45, 7) is 10.4. The molecule has 1 rings (SSSR count). The minimum atomic E-state index is 0.146. The Labute approximate surface area is 111 Å². The fourth-order valence-electron chi connectivity index (χ4n) is 2.04. The summed E-state index contributed by atoms with van der Waals surface area (Å²) >= 11 is 0. The molecule has 2 N–H and O–H groups in total. The van der Waals surface area contributed by atoms with Gasteiger partial charge < -0.3 is 15.5 Å². The maximum Gasteiger partial charge on any atom is 0.234 e. The molecule has 18 heavy (non-hydrogen) atoms. The topological polar surface area (TPSA) is 44.4 Å². The Balaban J connectivity index is 1.98. The van der Waals surface area contributed by atoms with Gasteiger partial charge in [-0.25, -0.2) is 0 Å². The predicted octanol–water partition coefficient (Wildman–Crippen LogP) is 1.37. The summed E-state index contributed by atoms with van der Waals surface area (Å²) < 4.78 is 0. The zero-order chi connectivity index (χ0) is 13.4. The van der Waals surface area contributed by atoms with Crippen LogP contribution >= 0.6 is 0 Å². The van der Waals surface area contributed by atoms with E-state index < -0.39 is 0 Å². The zero-order valence-corrected chi connectivity index (χ0v) is 12.2. The number of carbonyl (C=O) groups is 1. The zero-order valence-electron chi connectivity index (χ0n) is 12.2. The largest absolute Gasteiger partial charge is 0.352 e. The highest BCUT2D eigenvalue weighted by atomic mass is 16.2. The highest BCUT2D eigenvalue weighted by molar-refractivity contribution is 5.78. The highest BCUT2D eigenvalue weighted by Gasteiger charge is 2.22. The Morgan fingerprint density at radius 3 is 2.56 bits per heavy atom. The first-order valence-corrected chi connectivity index (χ1v) is 7.40. The average Bonchev–Trinajstić information content (AvgIpc) is 3.16. The lowest BCUT2D eigenvalue weighted by atomic mass is 10.1. The lowest BCUT2D eigenvalue weighted by molar-refractivity contribution is -0.120. The molecule has 0 saturated heterocycles. The second-order valence-electron chi connectivity index (χ2n) is 5.29. The van der Waals surface area contributed by atoms with E-state index in [-0.39, 0.29) is 5.91 Å². The summed E-state index contributed by atoms with van der Waals surface area (Å²) in [5.74, 6) is 0.146. The smallest absolute Gasteiger partial charge is 0.234 e. The second kappa shape index (κ2) is 8.48. The molecule has 1 amide bonds. The Kier molecular flexibility index (Phi) is 7.28. The summed E-state index contributed by atoms with van der Waals surface area (Å²) in [5, 5.41) is 6.29. The number of nitrogens with one attached hydrogen (secondary N) is 2. The first-order valence-electron chi connectivity index (χ1n) is 7.40. The van der Waals surface area contributed by atoms with Crippen LogP contribution < -0.4 is 10.6 Å². The van der Waals surface area contributed by atoms with Crippen molar-refractivity contribution in [1.82, 2.24) is 15.5 Å². The molecule has 0 aromatic carbocycles. The first-order chi connectivity index (χ1) is 8.65. The van der Waals surface area contributed by atoms with Crippen molar-refractivity contribution in [2.45, 2.75) is 58.5 Å². The van der Waals surface area contributed by atoms with Gasteiger partial charge in [0.05, 0.1) is 6.54 Å². The van der Waals surface area contributed by atoms with Gasteiger partial charge in [-0.1, -0.05) is 13.8 Å². The van der Waals surface area contributed by atoms with E-state index in [0.717, 1.165) is 38.9 Å². The Morgan fingerprint density at radius 2 is 2.00 bits per heavy atom. The van der Waals surface area contributed by atoms with E-state index in [1.807, 2.05) is 0 Å². The fraction of sp³-hybridized carbons (Fsp3) is 0.929. The number of hydrogen-bond donors (Lipinski definition) is 2. The van der Waals surface area contributed by atoms with E-state index in [9.17, 15) is 4.79 Å². The van der Waals surface area contributed by atoms with Gasteiger partial charge in [0, 0.05) is 12.1 Å². The van der Waals surface area contributed by atoms with Crippen LogP contribution in [0.3, 0.4) is 0 Å². The van der Waals surface area contributed by atoms with Gasteiger partial charge in [-0.15, -0.1) is 0 Å². The molecule has 1 saturated carbocycles. The molecule has 0 spiro atoms. The van der Waals surface area contributed by atoms with Gasteiger partial charge in [-0.3, -0.25) is 4.79 Å². The third kappa shape index (κ3) is 6.97. The predicted molar refractivity (Wildman–Crippen MR) is 75.7 cm³/mol. The first kappa shape index (κ1) is 15.4. The molecule has 4 nitrogen and oxygen atoms in total. The van der Waals surface area contributed by atoms with Gasteiger partial charge in [0.15, 0.2) is 0 Å². The van der Waals surface area contributed by atoms with E-state index in [2.05, 4.69) is 36.3 Å². The van der Waals surface area contributed by atoms with Crippen molar-refractivity contribution in [3.05, 3.63) is 0 Å². The molecule has 0 bridgehead atoms. The summed E-state index contributed by atoms with van der Waals surface area (Å²) in [5.41, 5.74) is 0. The van der Waals surface area contributed by atoms with E-state index in [1.165, 1.54) is 6.42 Å². The second-order valence-corrected chi connectivity index (χ2v) is 5.29. The van der Waals surface area contributed by atoms with Crippen molar-refractivity contribution < 1.29 is 4.79 Å². The van der Waals surface area contributed by atoms with Crippen LogP contribution in [-0.2, 0) is 4.79 Å². The van der Waals surface area contributed by atoms with Crippen molar-refractivity contribution in [1.29, 1.82) is 0 Å². The third-order valence-electron chi connectivity index (χ3n) is 3.56. The summed E-state index contributed by atoms with van der Waals surface area (Å²) in [7, 11) is 0. The molecule has 1 unspecified atom stereocenters. The number of carbonyl (C=O) groups excluding carboxylic acids is 1. The van der Waals surface area contributed by atoms with Crippen molar-refractivity contribution in [3.8, 4) is 0 Å². The van der Waals surface area contributed by atoms with Gasteiger partial charge in [0.2, 0.25) is 5.91 Å². The summed E-state index contributed by atoms with van der Waals surface area (Å²) in [6.07, 6.45) is 4.64. The highest BCUT2D eigenvalue weighted by Crippen LogP contribution is 2.18.